The number of benzene rings is 11. The quantitative estimate of drug-likeness (QED) is 0.126. The lowest BCUT2D eigenvalue weighted by Crippen LogP contribution is -2.26. The van der Waals surface area contributed by atoms with Gasteiger partial charge in [-0.05, 0) is 146 Å². The van der Waals surface area contributed by atoms with Crippen molar-refractivity contribution in [2.45, 2.75) is 5.41 Å². The molecule has 14 rings (SSSR count). The van der Waals surface area contributed by atoms with Crippen LogP contribution in [0.3, 0.4) is 0 Å². The van der Waals surface area contributed by atoms with Gasteiger partial charge < -0.3 is 4.42 Å². The Morgan fingerprint density at radius 2 is 0.900 bits per heavy atom. The molecule has 0 atom stereocenters. The minimum Gasteiger partial charge on any atom is -0.456 e. The minimum absolute atomic E-state index is 0.553. The van der Waals surface area contributed by atoms with Crippen molar-refractivity contribution in [2.75, 3.05) is 0 Å². The minimum atomic E-state index is -0.553. The Labute approximate surface area is 346 Å². The fourth-order valence-corrected chi connectivity index (χ4v) is 11.4. The van der Waals surface area contributed by atoms with E-state index in [4.69, 9.17) is 4.42 Å². The van der Waals surface area contributed by atoms with Gasteiger partial charge in [-0.3, -0.25) is 0 Å². The van der Waals surface area contributed by atoms with Gasteiger partial charge in [0.15, 0.2) is 0 Å². The van der Waals surface area contributed by atoms with Crippen molar-refractivity contribution >= 4 is 65.0 Å². The van der Waals surface area contributed by atoms with Gasteiger partial charge in [-0.1, -0.05) is 170 Å². The van der Waals surface area contributed by atoms with Crippen molar-refractivity contribution in [3.05, 3.63) is 229 Å². The number of para-hydroxylation sites is 1. The highest BCUT2D eigenvalue weighted by molar-refractivity contribution is 6.21. The van der Waals surface area contributed by atoms with Crippen LogP contribution in [0.5, 0.6) is 0 Å². The first-order chi connectivity index (χ1) is 29.8. The van der Waals surface area contributed by atoms with E-state index in [2.05, 4.69) is 206 Å². The van der Waals surface area contributed by atoms with Gasteiger partial charge in [0.25, 0.3) is 0 Å². The molecule has 0 amide bonds. The monoisotopic (exact) mass is 758 g/mol. The summed E-state index contributed by atoms with van der Waals surface area (Å²) in [5.74, 6) is 0. The molecule has 1 heteroatoms. The second-order valence-corrected chi connectivity index (χ2v) is 16.7. The summed E-state index contributed by atoms with van der Waals surface area (Å²) in [6.45, 7) is 0. The highest BCUT2D eigenvalue weighted by Gasteiger charge is 2.53. The molecule has 0 saturated carbocycles. The molecule has 11 aromatic carbocycles. The van der Waals surface area contributed by atoms with Crippen LogP contribution in [0.15, 0.2) is 211 Å². The van der Waals surface area contributed by atoms with E-state index in [-0.39, 0.29) is 0 Å². The molecular weight excluding hydrogens is 725 g/mol. The normalized spacial score (nSPS) is 13.5. The first-order valence-electron chi connectivity index (χ1n) is 20.9. The Balaban J connectivity index is 1.20. The predicted octanol–water partition coefficient (Wildman–Crippen LogP) is 15.9. The Hall–Kier alpha value is -7.74. The van der Waals surface area contributed by atoms with E-state index >= 15 is 0 Å². The van der Waals surface area contributed by atoms with Gasteiger partial charge in [0.1, 0.15) is 11.2 Å². The van der Waals surface area contributed by atoms with E-state index in [1.807, 2.05) is 0 Å². The molecule has 0 fully saturated rings. The summed E-state index contributed by atoms with van der Waals surface area (Å²) >= 11 is 0. The highest BCUT2D eigenvalue weighted by Crippen LogP contribution is 2.66. The molecule has 0 saturated heterocycles. The van der Waals surface area contributed by atoms with Crippen molar-refractivity contribution in [3.63, 3.8) is 0 Å². The Kier molecular flexibility index (Phi) is 6.28. The van der Waals surface area contributed by atoms with Crippen molar-refractivity contribution in [1.29, 1.82) is 0 Å². The lowest BCUT2D eigenvalue weighted by molar-refractivity contribution is 0.669. The van der Waals surface area contributed by atoms with Crippen LogP contribution >= 0.6 is 0 Å². The van der Waals surface area contributed by atoms with Crippen molar-refractivity contribution in [1.82, 2.24) is 0 Å². The number of fused-ring (bicyclic) bond motifs is 19. The van der Waals surface area contributed by atoms with Crippen LogP contribution in [0.4, 0.5) is 0 Å². The maximum atomic E-state index is 6.42. The zero-order chi connectivity index (χ0) is 39.1. The smallest absolute Gasteiger partial charge is 0.135 e. The van der Waals surface area contributed by atoms with Crippen molar-refractivity contribution < 1.29 is 4.42 Å². The van der Waals surface area contributed by atoms with E-state index < -0.39 is 5.41 Å². The molecule has 1 aromatic heterocycles. The summed E-state index contributed by atoms with van der Waals surface area (Å²) in [5.41, 5.74) is 16.7. The van der Waals surface area contributed by atoms with Crippen LogP contribution in [0, 0.1) is 0 Å². The van der Waals surface area contributed by atoms with Gasteiger partial charge in [0.05, 0.1) is 5.41 Å². The molecule has 276 valence electrons. The van der Waals surface area contributed by atoms with Gasteiger partial charge in [-0.2, -0.15) is 0 Å². The summed E-state index contributed by atoms with van der Waals surface area (Å²) in [4.78, 5) is 0. The lowest BCUT2D eigenvalue weighted by atomic mass is 9.69. The Morgan fingerprint density at radius 3 is 1.70 bits per heavy atom. The van der Waals surface area contributed by atoms with E-state index in [1.54, 1.807) is 0 Å². The molecular formula is C59H34O. The molecule has 0 N–H and O–H groups in total. The summed E-state index contributed by atoms with van der Waals surface area (Å²) in [5, 5.41) is 12.4. The molecule has 0 unspecified atom stereocenters. The summed E-state index contributed by atoms with van der Waals surface area (Å²) < 4.78 is 6.42. The Bertz CT molecular complexity index is 3800. The largest absolute Gasteiger partial charge is 0.456 e. The van der Waals surface area contributed by atoms with Gasteiger partial charge in [0.2, 0.25) is 0 Å². The Morgan fingerprint density at radius 1 is 0.283 bits per heavy atom. The van der Waals surface area contributed by atoms with Crippen LogP contribution in [0.1, 0.15) is 22.3 Å². The van der Waals surface area contributed by atoms with Gasteiger partial charge >= 0.3 is 0 Å². The number of furan rings is 1. The molecule has 0 aliphatic heterocycles. The molecule has 1 heterocycles. The van der Waals surface area contributed by atoms with Crippen LogP contribution in [0.25, 0.3) is 110 Å². The van der Waals surface area contributed by atoms with Gasteiger partial charge in [-0.25, -0.2) is 0 Å². The second kappa shape index (κ2) is 11.7. The van der Waals surface area contributed by atoms with E-state index in [0.717, 1.165) is 21.9 Å². The molecule has 2 aliphatic rings. The lowest BCUT2D eigenvalue weighted by Gasteiger charge is -2.32. The molecule has 2 aliphatic carbocycles. The van der Waals surface area contributed by atoms with Crippen LogP contribution in [0.2, 0.25) is 0 Å². The molecule has 60 heavy (non-hydrogen) atoms. The average Bonchev–Trinajstić information content (AvgIpc) is 3.94. The number of rotatable bonds is 2. The van der Waals surface area contributed by atoms with Crippen molar-refractivity contribution in [3.8, 4) is 44.5 Å². The fourth-order valence-electron chi connectivity index (χ4n) is 11.4. The van der Waals surface area contributed by atoms with Crippen LogP contribution < -0.4 is 0 Å². The highest BCUT2D eigenvalue weighted by atomic mass is 16.3. The number of hydrogen-bond acceptors (Lipinski definition) is 1. The first kappa shape index (κ1) is 32.2. The SMILES string of the molecule is c1ccc2c(c1)-c1ccccc1C21c2cc(-c3c4ccccc4cc4c3ccc3ccccc34)cc(-c3ccc4oc5ccccc5c4c3)c2-c2ccc3ccccc3c21. The summed E-state index contributed by atoms with van der Waals surface area (Å²) in [6.07, 6.45) is 0. The molecule has 12 aromatic rings. The fraction of sp³-hybridized carbons (Fsp3) is 0.0169. The first-order valence-corrected chi connectivity index (χ1v) is 20.9. The molecule has 0 radical (unpaired) electrons. The zero-order valence-corrected chi connectivity index (χ0v) is 32.5. The van der Waals surface area contributed by atoms with Crippen molar-refractivity contribution in [2.24, 2.45) is 0 Å². The standard InChI is InChI=1S/C59H34O/c1-4-16-40-35(13-1)25-28-46-49(40)31-37-15-3-5-17-41(37)56(46)39-33-48(38-27-30-55-50(32-38)45-21-9-12-24-54(45)60-55)57-47-29-26-36-14-2-6-18-42(36)58(47)59(53(57)34-39)51-22-10-7-19-43(51)44-20-8-11-23-52(44)59/h1-34H. The zero-order valence-electron chi connectivity index (χ0n) is 32.5. The van der Waals surface area contributed by atoms with E-state index in [0.29, 0.717) is 0 Å². The topological polar surface area (TPSA) is 13.1 Å². The molecule has 0 bridgehead atoms. The summed E-state index contributed by atoms with van der Waals surface area (Å²) in [6, 6.07) is 77.2. The van der Waals surface area contributed by atoms with E-state index in [1.165, 1.54) is 110 Å². The molecule has 1 nitrogen and oxygen atoms in total. The van der Waals surface area contributed by atoms with Crippen LogP contribution in [-0.2, 0) is 5.41 Å². The third-order valence-electron chi connectivity index (χ3n) is 13.8. The maximum absolute atomic E-state index is 6.42. The van der Waals surface area contributed by atoms with Crippen LogP contribution in [-0.4, -0.2) is 0 Å². The second-order valence-electron chi connectivity index (χ2n) is 16.7. The predicted molar refractivity (Wildman–Crippen MR) is 251 cm³/mol. The van der Waals surface area contributed by atoms with E-state index in [9.17, 15) is 0 Å². The number of hydrogen-bond donors (Lipinski definition) is 0. The van der Waals surface area contributed by atoms with Gasteiger partial charge in [0, 0.05) is 10.8 Å². The maximum Gasteiger partial charge on any atom is 0.135 e. The summed E-state index contributed by atoms with van der Waals surface area (Å²) in [7, 11) is 0. The van der Waals surface area contributed by atoms with Gasteiger partial charge in [-0.15, -0.1) is 0 Å². The average molecular weight is 759 g/mol. The third-order valence-corrected chi connectivity index (χ3v) is 13.8. The third kappa shape index (κ3) is 4.06. The molecule has 1 spiro atoms.